The first-order valence-corrected chi connectivity index (χ1v) is 5.53. The molecule has 1 rings (SSSR count). The Morgan fingerprint density at radius 1 is 1.31 bits per heavy atom. The number of carbonyl (C=O) groups excluding carboxylic acids is 1. The summed E-state index contributed by atoms with van der Waals surface area (Å²) in [5, 5.41) is 0.659. The molecule has 0 spiro atoms. The van der Waals surface area contributed by atoms with E-state index in [1.165, 1.54) is 0 Å². The molecule has 0 heterocycles. The highest BCUT2D eigenvalue weighted by molar-refractivity contribution is 6.30. The molecule has 0 unspecified atom stereocenters. The quantitative estimate of drug-likeness (QED) is 0.745. The fraction of sp³-hybridized carbons (Fsp3) is 0.417. The average molecular weight is 243 g/mol. The first kappa shape index (κ1) is 12.8. The van der Waals surface area contributed by atoms with Crippen LogP contribution in [0.3, 0.4) is 0 Å². The van der Waals surface area contributed by atoms with Gasteiger partial charge in [0.05, 0.1) is 19.1 Å². The summed E-state index contributed by atoms with van der Waals surface area (Å²) < 4.78 is 10.3. The molecule has 0 fully saturated rings. The third kappa shape index (κ3) is 5.03. The SMILES string of the molecule is CC(C)OC(=O)CCOc1ccc(Cl)cc1. The van der Waals surface area contributed by atoms with E-state index in [2.05, 4.69) is 0 Å². The minimum atomic E-state index is -0.246. The zero-order valence-electron chi connectivity index (χ0n) is 9.40. The van der Waals surface area contributed by atoms with Crippen molar-refractivity contribution < 1.29 is 14.3 Å². The van der Waals surface area contributed by atoms with E-state index in [9.17, 15) is 4.79 Å². The lowest BCUT2D eigenvalue weighted by molar-refractivity contribution is -0.147. The van der Waals surface area contributed by atoms with Crippen molar-refractivity contribution in [2.45, 2.75) is 26.4 Å². The van der Waals surface area contributed by atoms with Gasteiger partial charge in [-0.05, 0) is 38.1 Å². The first-order valence-electron chi connectivity index (χ1n) is 5.16. The molecule has 88 valence electrons. The summed E-state index contributed by atoms with van der Waals surface area (Å²) in [6.45, 7) is 3.95. The number of hydrogen-bond donors (Lipinski definition) is 0. The van der Waals surface area contributed by atoms with Gasteiger partial charge in [0.1, 0.15) is 5.75 Å². The molecule has 0 amide bonds. The van der Waals surface area contributed by atoms with E-state index in [4.69, 9.17) is 21.1 Å². The van der Waals surface area contributed by atoms with Crippen molar-refractivity contribution in [1.82, 2.24) is 0 Å². The van der Waals surface area contributed by atoms with Crippen molar-refractivity contribution in [2.24, 2.45) is 0 Å². The standard InChI is InChI=1S/C12H15ClO3/c1-9(2)16-12(14)7-8-15-11-5-3-10(13)4-6-11/h3-6,9H,7-8H2,1-2H3. The van der Waals surface area contributed by atoms with Crippen LogP contribution in [0.5, 0.6) is 5.75 Å². The molecule has 16 heavy (non-hydrogen) atoms. The molecule has 1 aromatic rings. The summed E-state index contributed by atoms with van der Waals surface area (Å²) in [5.74, 6) is 0.450. The molecule has 0 aliphatic heterocycles. The minimum absolute atomic E-state index is 0.0805. The number of rotatable bonds is 5. The Bertz CT molecular complexity index is 333. The van der Waals surface area contributed by atoms with E-state index in [1.807, 2.05) is 13.8 Å². The Morgan fingerprint density at radius 3 is 2.50 bits per heavy atom. The highest BCUT2D eigenvalue weighted by atomic mass is 35.5. The maximum absolute atomic E-state index is 11.2. The van der Waals surface area contributed by atoms with Crippen LogP contribution in [0.15, 0.2) is 24.3 Å². The number of benzene rings is 1. The molecule has 0 aliphatic carbocycles. The fourth-order valence-electron chi connectivity index (χ4n) is 1.10. The van der Waals surface area contributed by atoms with Crippen LogP contribution in [0, 0.1) is 0 Å². The van der Waals surface area contributed by atoms with Crippen LogP contribution >= 0.6 is 11.6 Å². The number of esters is 1. The first-order chi connectivity index (χ1) is 7.58. The van der Waals surface area contributed by atoms with Gasteiger partial charge in [-0.25, -0.2) is 0 Å². The van der Waals surface area contributed by atoms with Crippen molar-refractivity contribution in [3.63, 3.8) is 0 Å². The number of hydrogen-bond acceptors (Lipinski definition) is 3. The third-order valence-electron chi connectivity index (χ3n) is 1.76. The van der Waals surface area contributed by atoms with Crippen LogP contribution in [-0.4, -0.2) is 18.7 Å². The molecule has 0 aliphatic rings. The Hall–Kier alpha value is -1.22. The summed E-state index contributed by atoms with van der Waals surface area (Å²) in [7, 11) is 0. The molecule has 0 saturated heterocycles. The van der Waals surface area contributed by atoms with Gasteiger partial charge in [-0.15, -0.1) is 0 Å². The normalized spacial score (nSPS) is 10.2. The smallest absolute Gasteiger partial charge is 0.309 e. The van der Waals surface area contributed by atoms with E-state index in [0.717, 1.165) is 0 Å². The third-order valence-corrected chi connectivity index (χ3v) is 2.01. The number of halogens is 1. The molecular weight excluding hydrogens is 228 g/mol. The van der Waals surface area contributed by atoms with Gasteiger partial charge in [0.15, 0.2) is 0 Å². The van der Waals surface area contributed by atoms with Crippen molar-refractivity contribution in [3.05, 3.63) is 29.3 Å². The van der Waals surface area contributed by atoms with E-state index < -0.39 is 0 Å². The van der Waals surface area contributed by atoms with Crippen LogP contribution in [-0.2, 0) is 9.53 Å². The van der Waals surface area contributed by atoms with Crippen LogP contribution < -0.4 is 4.74 Å². The number of carbonyl (C=O) groups is 1. The maximum atomic E-state index is 11.2. The zero-order valence-corrected chi connectivity index (χ0v) is 10.2. The molecule has 1 aromatic carbocycles. The lowest BCUT2D eigenvalue weighted by Gasteiger charge is -2.08. The van der Waals surface area contributed by atoms with Gasteiger partial charge in [-0.2, -0.15) is 0 Å². The van der Waals surface area contributed by atoms with Crippen molar-refractivity contribution in [1.29, 1.82) is 0 Å². The van der Waals surface area contributed by atoms with Gasteiger partial charge < -0.3 is 9.47 Å². The van der Waals surface area contributed by atoms with E-state index in [0.29, 0.717) is 17.4 Å². The van der Waals surface area contributed by atoms with Crippen molar-refractivity contribution in [3.8, 4) is 5.75 Å². The Morgan fingerprint density at radius 2 is 1.94 bits per heavy atom. The predicted molar refractivity (Wildman–Crippen MR) is 62.8 cm³/mol. The summed E-state index contributed by atoms with van der Waals surface area (Å²) in [5.41, 5.74) is 0. The van der Waals surface area contributed by atoms with E-state index in [-0.39, 0.29) is 18.5 Å². The monoisotopic (exact) mass is 242 g/mol. The molecule has 0 radical (unpaired) electrons. The molecule has 0 aromatic heterocycles. The second kappa shape index (κ2) is 6.38. The molecular formula is C12H15ClO3. The van der Waals surface area contributed by atoms with Crippen LogP contribution in [0.1, 0.15) is 20.3 Å². The summed E-state index contributed by atoms with van der Waals surface area (Å²) in [6, 6.07) is 7.00. The second-order valence-electron chi connectivity index (χ2n) is 3.59. The molecule has 3 nitrogen and oxygen atoms in total. The van der Waals surface area contributed by atoms with E-state index in [1.54, 1.807) is 24.3 Å². The lowest BCUT2D eigenvalue weighted by Crippen LogP contribution is -2.14. The Labute approximate surface area is 100 Å². The largest absolute Gasteiger partial charge is 0.493 e. The second-order valence-corrected chi connectivity index (χ2v) is 4.03. The van der Waals surface area contributed by atoms with Gasteiger partial charge in [-0.1, -0.05) is 11.6 Å². The van der Waals surface area contributed by atoms with Crippen LogP contribution in [0.4, 0.5) is 0 Å². The summed E-state index contributed by atoms with van der Waals surface area (Å²) >= 11 is 5.72. The van der Waals surface area contributed by atoms with Gasteiger partial charge >= 0.3 is 5.97 Å². The van der Waals surface area contributed by atoms with Gasteiger partial charge in [-0.3, -0.25) is 4.79 Å². The van der Waals surface area contributed by atoms with Crippen LogP contribution in [0.2, 0.25) is 5.02 Å². The summed E-state index contributed by atoms with van der Waals surface area (Å²) in [6.07, 6.45) is 0.170. The van der Waals surface area contributed by atoms with Gasteiger partial charge in [0.2, 0.25) is 0 Å². The van der Waals surface area contributed by atoms with Gasteiger partial charge in [0.25, 0.3) is 0 Å². The fourth-order valence-corrected chi connectivity index (χ4v) is 1.23. The molecule has 0 atom stereocenters. The summed E-state index contributed by atoms with van der Waals surface area (Å²) in [4.78, 5) is 11.2. The van der Waals surface area contributed by atoms with Crippen LogP contribution in [0.25, 0.3) is 0 Å². The van der Waals surface area contributed by atoms with Gasteiger partial charge in [0, 0.05) is 5.02 Å². The lowest BCUT2D eigenvalue weighted by atomic mass is 10.3. The highest BCUT2D eigenvalue weighted by Crippen LogP contribution is 2.15. The minimum Gasteiger partial charge on any atom is -0.493 e. The zero-order chi connectivity index (χ0) is 12.0. The molecule has 0 N–H and O–H groups in total. The molecule has 4 heteroatoms. The van der Waals surface area contributed by atoms with Crippen molar-refractivity contribution in [2.75, 3.05) is 6.61 Å². The molecule has 0 bridgehead atoms. The maximum Gasteiger partial charge on any atom is 0.309 e. The Balaban J connectivity index is 2.25. The predicted octanol–water partition coefficient (Wildman–Crippen LogP) is 3.06. The average Bonchev–Trinajstić information content (AvgIpc) is 2.20. The van der Waals surface area contributed by atoms with Crippen molar-refractivity contribution >= 4 is 17.6 Å². The van der Waals surface area contributed by atoms with E-state index >= 15 is 0 Å². The Kier molecular flexibility index (Phi) is 5.12. The topological polar surface area (TPSA) is 35.5 Å². The highest BCUT2D eigenvalue weighted by Gasteiger charge is 2.05. The number of ether oxygens (including phenoxy) is 2. The molecule has 0 saturated carbocycles.